The highest BCUT2D eigenvalue weighted by Gasteiger charge is 2.31. The van der Waals surface area contributed by atoms with Gasteiger partial charge in [0.05, 0.1) is 19.9 Å². The number of carbonyl (C=O) groups excluding carboxylic acids is 1. The summed E-state index contributed by atoms with van der Waals surface area (Å²) in [4.78, 5) is 15.1. The van der Waals surface area contributed by atoms with Gasteiger partial charge in [-0.25, -0.2) is 0 Å². The van der Waals surface area contributed by atoms with Gasteiger partial charge in [0.1, 0.15) is 16.4 Å². The Morgan fingerprint density at radius 2 is 2.17 bits per heavy atom. The Morgan fingerprint density at radius 1 is 1.35 bits per heavy atom. The fourth-order valence-corrected chi connectivity index (χ4v) is 3.55. The fraction of sp³-hybridized carbons (Fsp3) is 0.438. The van der Waals surface area contributed by atoms with Crippen molar-refractivity contribution >= 4 is 17.4 Å². The number of ether oxygens (including phenoxy) is 2. The van der Waals surface area contributed by atoms with Gasteiger partial charge in [-0.3, -0.25) is 4.79 Å². The normalized spacial score (nSPS) is 17.3. The van der Waals surface area contributed by atoms with Crippen LogP contribution in [0, 0.1) is 6.92 Å². The van der Waals surface area contributed by atoms with Crippen molar-refractivity contribution in [3.05, 3.63) is 34.3 Å². The third-order valence-electron chi connectivity index (χ3n) is 4.20. The van der Waals surface area contributed by atoms with Crippen molar-refractivity contribution in [3.63, 3.8) is 0 Å². The first-order valence-corrected chi connectivity index (χ1v) is 8.21. The van der Waals surface area contributed by atoms with E-state index >= 15 is 0 Å². The van der Waals surface area contributed by atoms with E-state index in [1.807, 2.05) is 30.0 Å². The topological polar surface area (TPSA) is 64.6 Å². The summed E-state index contributed by atoms with van der Waals surface area (Å²) in [7, 11) is 3.31. The van der Waals surface area contributed by atoms with Crippen molar-refractivity contribution in [2.24, 2.45) is 0 Å². The van der Waals surface area contributed by atoms with Crippen LogP contribution in [-0.4, -0.2) is 47.7 Å². The summed E-state index contributed by atoms with van der Waals surface area (Å²) in [6, 6.07) is 5.79. The number of aromatic nitrogens is 2. The molecule has 3 rings (SSSR count). The van der Waals surface area contributed by atoms with Crippen LogP contribution in [0.1, 0.15) is 33.3 Å². The van der Waals surface area contributed by atoms with Gasteiger partial charge < -0.3 is 14.4 Å². The molecule has 0 saturated carbocycles. The summed E-state index contributed by atoms with van der Waals surface area (Å²) in [5, 5.41) is 3.92. The maximum Gasteiger partial charge on any atom is 0.267 e. The van der Waals surface area contributed by atoms with E-state index in [2.05, 4.69) is 9.59 Å². The SMILES string of the molecule is COc1ccc(OC)c([C@H]2CCN(C(=O)c3snnc3C)C2)c1. The number of benzene rings is 1. The Kier molecular flexibility index (Phi) is 4.47. The van der Waals surface area contributed by atoms with Gasteiger partial charge in [0, 0.05) is 24.6 Å². The van der Waals surface area contributed by atoms with Crippen molar-refractivity contribution in [1.29, 1.82) is 0 Å². The van der Waals surface area contributed by atoms with Gasteiger partial charge in [-0.05, 0) is 43.1 Å². The van der Waals surface area contributed by atoms with Crippen LogP contribution in [0.25, 0.3) is 0 Å². The van der Waals surface area contributed by atoms with Crippen LogP contribution in [0.3, 0.4) is 0 Å². The number of hydrogen-bond acceptors (Lipinski definition) is 6. The Bertz CT molecular complexity index is 716. The molecule has 1 fully saturated rings. The number of methoxy groups -OCH3 is 2. The minimum absolute atomic E-state index is 0.0156. The monoisotopic (exact) mass is 333 g/mol. The molecule has 2 aromatic rings. The molecule has 0 aliphatic carbocycles. The van der Waals surface area contributed by atoms with Crippen molar-refractivity contribution in [2.75, 3.05) is 27.3 Å². The van der Waals surface area contributed by atoms with Crippen molar-refractivity contribution in [1.82, 2.24) is 14.5 Å². The molecule has 1 atom stereocenters. The van der Waals surface area contributed by atoms with Gasteiger partial charge in [-0.2, -0.15) is 0 Å². The summed E-state index contributed by atoms with van der Waals surface area (Å²) >= 11 is 1.16. The lowest BCUT2D eigenvalue weighted by molar-refractivity contribution is 0.0794. The standard InChI is InChI=1S/C16H19N3O3S/c1-10-15(23-18-17-10)16(20)19-7-6-11(9-19)13-8-12(21-2)4-5-14(13)22-3/h4-5,8,11H,6-7,9H2,1-3H3/t11-/m0/s1. The van der Waals surface area contributed by atoms with E-state index < -0.39 is 0 Å². The second-order valence-electron chi connectivity index (χ2n) is 5.53. The molecule has 122 valence electrons. The molecular weight excluding hydrogens is 314 g/mol. The number of hydrogen-bond donors (Lipinski definition) is 0. The molecule has 0 spiro atoms. The highest BCUT2D eigenvalue weighted by Crippen LogP contribution is 2.36. The second-order valence-corrected chi connectivity index (χ2v) is 6.29. The quantitative estimate of drug-likeness (QED) is 0.860. The molecule has 6 nitrogen and oxygen atoms in total. The van der Waals surface area contributed by atoms with E-state index in [9.17, 15) is 4.79 Å². The Balaban J connectivity index is 1.80. The average Bonchev–Trinajstić information content (AvgIpc) is 3.22. The van der Waals surface area contributed by atoms with Crippen molar-refractivity contribution in [3.8, 4) is 11.5 Å². The van der Waals surface area contributed by atoms with Gasteiger partial charge in [-0.15, -0.1) is 5.10 Å². The number of amides is 1. The second kappa shape index (κ2) is 6.54. The molecule has 1 aromatic carbocycles. The third-order valence-corrected chi connectivity index (χ3v) is 5.01. The van der Waals surface area contributed by atoms with E-state index in [1.54, 1.807) is 14.2 Å². The molecule has 0 bridgehead atoms. The maximum atomic E-state index is 12.6. The molecule has 1 saturated heterocycles. The van der Waals surface area contributed by atoms with E-state index in [1.165, 1.54) is 0 Å². The molecule has 1 aliphatic heterocycles. The number of rotatable bonds is 4. The molecular formula is C16H19N3O3S. The van der Waals surface area contributed by atoms with Crippen LogP contribution in [0.4, 0.5) is 0 Å². The Hall–Kier alpha value is -2.15. The number of aryl methyl sites for hydroxylation is 1. The summed E-state index contributed by atoms with van der Waals surface area (Å²) < 4.78 is 14.6. The molecule has 1 amide bonds. The van der Waals surface area contributed by atoms with Crippen molar-refractivity contribution in [2.45, 2.75) is 19.3 Å². The van der Waals surface area contributed by atoms with Crippen LogP contribution < -0.4 is 9.47 Å². The molecule has 0 radical (unpaired) electrons. The molecule has 0 N–H and O–H groups in total. The Labute approximate surface area is 139 Å². The highest BCUT2D eigenvalue weighted by molar-refractivity contribution is 7.07. The lowest BCUT2D eigenvalue weighted by Gasteiger charge is -2.18. The largest absolute Gasteiger partial charge is 0.497 e. The highest BCUT2D eigenvalue weighted by atomic mass is 32.1. The van der Waals surface area contributed by atoms with Crippen LogP contribution in [0.15, 0.2) is 18.2 Å². The first-order valence-electron chi connectivity index (χ1n) is 7.44. The van der Waals surface area contributed by atoms with Gasteiger partial charge >= 0.3 is 0 Å². The minimum Gasteiger partial charge on any atom is -0.497 e. The molecule has 1 aliphatic rings. The third kappa shape index (κ3) is 3.01. The Morgan fingerprint density at radius 3 is 2.83 bits per heavy atom. The first kappa shape index (κ1) is 15.7. The summed E-state index contributed by atoms with van der Waals surface area (Å²) in [5.41, 5.74) is 1.78. The van der Waals surface area contributed by atoms with E-state index in [4.69, 9.17) is 9.47 Å². The van der Waals surface area contributed by atoms with Gasteiger partial charge in [0.25, 0.3) is 5.91 Å². The molecule has 23 heavy (non-hydrogen) atoms. The zero-order chi connectivity index (χ0) is 16.4. The van der Waals surface area contributed by atoms with E-state index in [0.29, 0.717) is 17.1 Å². The first-order chi connectivity index (χ1) is 11.1. The average molecular weight is 333 g/mol. The van der Waals surface area contributed by atoms with Crippen LogP contribution in [0.2, 0.25) is 0 Å². The lowest BCUT2D eigenvalue weighted by atomic mass is 9.97. The maximum absolute atomic E-state index is 12.6. The molecule has 7 heteroatoms. The number of nitrogens with zero attached hydrogens (tertiary/aromatic N) is 3. The molecule has 2 heterocycles. The van der Waals surface area contributed by atoms with E-state index in [-0.39, 0.29) is 11.8 Å². The zero-order valence-electron chi connectivity index (χ0n) is 13.4. The van der Waals surface area contributed by atoms with Crippen LogP contribution in [0.5, 0.6) is 11.5 Å². The number of likely N-dealkylation sites (tertiary alicyclic amines) is 1. The van der Waals surface area contributed by atoms with E-state index in [0.717, 1.165) is 41.6 Å². The fourth-order valence-electron chi connectivity index (χ4n) is 2.93. The van der Waals surface area contributed by atoms with Crippen LogP contribution in [-0.2, 0) is 0 Å². The smallest absolute Gasteiger partial charge is 0.267 e. The van der Waals surface area contributed by atoms with Gasteiger partial charge in [0.2, 0.25) is 0 Å². The molecule has 1 aromatic heterocycles. The lowest BCUT2D eigenvalue weighted by Crippen LogP contribution is -2.28. The van der Waals surface area contributed by atoms with Crippen molar-refractivity contribution < 1.29 is 14.3 Å². The summed E-state index contributed by atoms with van der Waals surface area (Å²) in [5.74, 6) is 1.89. The summed E-state index contributed by atoms with van der Waals surface area (Å²) in [6.07, 6.45) is 0.903. The zero-order valence-corrected chi connectivity index (χ0v) is 14.2. The van der Waals surface area contributed by atoms with Crippen LogP contribution >= 0.6 is 11.5 Å². The number of carbonyl (C=O) groups is 1. The van der Waals surface area contributed by atoms with Gasteiger partial charge in [-0.1, -0.05) is 4.49 Å². The summed E-state index contributed by atoms with van der Waals surface area (Å²) in [6.45, 7) is 3.20. The predicted octanol–water partition coefficient (Wildman–Crippen LogP) is 2.49. The molecule has 0 unspecified atom stereocenters. The predicted molar refractivity (Wildman–Crippen MR) is 87.5 cm³/mol. The minimum atomic E-state index is 0.0156. The van der Waals surface area contributed by atoms with Gasteiger partial charge in [0.15, 0.2) is 0 Å².